The number of hydrogen-bond donors (Lipinski definition) is 1. The fraction of sp³-hybridized carbons (Fsp3) is 0.533. The topological polar surface area (TPSA) is 55.6 Å². The summed E-state index contributed by atoms with van der Waals surface area (Å²) in [6.07, 6.45) is 0. The zero-order valence-electron chi connectivity index (χ0n) is 11.9. The van der Waals surface area contributed by atoms with E-state index in [0.29, 0.717) is 25.2 Å². The molecule has 1 aromatic rings. The van der Waals surface area contributed by atoms with Crippen molar-refractivity contribution >= 4 is 5.97 Å². The Morgan fingerprint density at radius 2 is 2.25 bits per heavy atom. The zero-order valence-corrected chi connectivity index (χ0v) is 11.9. The lowest BCUT2D eigenvalue weighted by Crippen LogP contribution is -2.24. The van der Waals surface area contributed by atoms with Crippen molar-refractivity contribution in [3.8, 4) is 0 Å². The third-order valence-corrected chi connectivity index (χ3v) is 3.94. The van der Waals surface area contributed by atoms with Crippen molar-refractivity contribution in [1.29, 1.82) is 0 Å². The van der Waals surface area contributed by atoms with Crippen LogP contribution in [0.25, 0.3) is 0 Å². The van der Waals surface area contributed by atoms with Crippen LogP contribution < -0.4 is 5.73 Å². The quantitative estimate of drug-likeness (QED) is 0.850. The molecule has 5 heteroatoms. The number of ether oxygens (including phenoxy) is 1. The first-order valence-corrected chi connectivity index (χ1v) is 6.82. The molecule has 1 aliphatic heterocycles. The molecule has 0 aromatic heterocycles. The van der Waals surface area contributed by atoms with Gasteiger partial charge in [-0.15, -0.1) is 0 Å². The van der Waals surface area contributed by atoms with E-state index in [2.05, 4.69) is 4.90 Å². The number of benzene rings is 1. The van der Waals surface area contributed by atoms with Crippen LogP contribution in [0, 0.1) is 17.7 Å². The molecule has 0 aliphatic carbocycles. The van der Waals surface area contributed by atoms with Crippen molar-refractivity contribution in [2.24, 2.45) is 17.6 Å². The minimum absolute atomic E-state index is 0.119. The summed E-state index contributed by atoms with van der Waals surface area (Å²) >= 11 is 0. The molecule has 110 valence electrons. The number of nitrogens with zero attached hydrogens (tertiary/aromatic N) is 1. The fourth-order valence-electron chi connectivity index (χ4n) is 2.74. The van der Waals surface area contributed by atoms with Gasteiger partial charge in [0.05, 0.1) is 13.0 Å². The van der Waals surface area contributed by atoms with E-state index >= 15 is 0 Å². The van der Waals surface area contributed by atoms with Gasteiger partial charge in [0, 0.05) is 31.7 Å². The standard InChI is InChI=1S/C15H21FN2O2/c1-10-7-18(9-13(10)15(19)20-2)8-12-4-3-11(6-17)5-14(12)16/h3-5,10,13H,6-9,17H2,1-2H3. The van der Waals surface area contributed by atoms with Crippen molar-refractivity contribution < 1.29 is 13.9 Å². The summed E-state index contributed by atoms with van der Waals surface area (Å²) in [5, 5.41) is 0. The SMILES string of the molecule is COC(=O)C1CN(Cc2ccc(CN)cc2F)CC1C. The lowest BCUT2D eigenvalue weighted by molar-refractivity contribution is -0.146. The summed E-state index contributed by atoms with van der Waals surface area (Å²) in [6, 6.07) is 5.09. The number of nitrogens with two attached hydrogens (primary N) is 1. The normalized spacial score (nSPS) is 23.0. The second-order valence-electron chi connectivity index (χ2n) is 5.43. The number of esters is 1. The molecule has 1 heterocycles. The van der Waals surface area contributed by atoms with Crippen LogP contribution in [0.2, 0.25) is 0 Å². The second kappa shape index (κ2) is 6.33. The van der Waals surface area contributed by atoms with Crippen LogP contribution in [-0.4, -0.2) is 31.1 Å². The first-order chi connectivity index (χ1) is 9.55. The zero-order chi connectivity index (χ0) is 14.7. The highest BCUT2D eigenvalue weighted by Gasteiger charge is 2.35. The monoisotopic (exact) mass is 280 g/mol. The van der Waals surface area contributed by atoms with E-state index in [1.165, 1.54) is 13.2 Å². The molecule has 0 radical (unpaired) electrons. The average Bonchev–Trinajstić information content (AvgIpc) is 2.81. The number of rotatable bonds is 4. The van der Waals surface area contributed by atoms with Crippen LogP contribution in [0.3, 0.4) is 0 Å². The van der Waals surface area contributed by atoms with Gasteiger partial charge in [0.2, 0.25) is 0 Å². The molecule has 2 atom stereocenters. The molecule has 1 saturated heterocycles. The summed E-state index contributed by atoms with van der Waals surface area (Å²) in [7, 11) is 1.41. The van der Waals surface area contributed by atoms with E-state index in [1.54, 1.807) is 6.07 Å². The first kappa shape index (κ1) is 14.9. The molecule has 20 heavy (non-hydrogen) atoms. The van der Waals surface area contributed by atoms with Gasteiger partial charge in [0.15, 0.2) is 0 Å². The molecule has 2 N–H and O–H groups in total. The van der Waals surface area contributed by atoms with Crippen LogP contribution in [0.1, 0.15) is 18.1 Å². The summed E-state index contributed by atoms with van der Waals surface area (Å²) in [6.45, 7) is 4.26. The van der Waals surface area contributed by atoms with Gasteiger partial charge in [-0.25, -0.2) is 4.39 Å². The minimum Gasteiger partial charge on any atom is -0.469 e. The molecule has 1 aromatic carbocycles. The van der Waals surface area contributed by atoms with Crippen molar-refractivity contribution in [3.63, 3.8) is 0 Å². The molecule has 0 bridgehead atoms. The first-order valence-electron chi connectivity index (χ1n) is 6.82. The van der Waals surface area contributed by atoms with Gasteiger partial charge in [-0.1, -0.05) is 19.1 Å². The number of halogens is 1. The lowest BCUT2D eigenvalue weighted by atomic mass is 9.99. The Morgan fingerprint density at radius 1 is 1.50 bits per heavy atom. The molecule has 0 saturated carbocycles. The van der Waals surface area contributed by atoms with Gasteiger partial charge in [-0.05, 0) is 17.5 Å². The van der Waals surface area contributed by atoms with Crippen LogP contribution in [-0.2, 0) is 22.6 Å². The Kier molecular flexibility index (Phi) is 4.73. The highest BCUT2D eigenvalue weighted by atomic mass is 19.1. The number of hydrogen-bond acceptors (Lipinski definition) is 4. The van der Waals surface area contributed by atoms with E-state index in [9.17, 15) is 9.18 Å². The molecule has 0 spiro atoms. The lowest BCUT2D eigenvalue weighted by Gasteiger charge is -2.16. The number of methoxy groups -OCH3 is 1. The van der Waals surface area contributed by atoms with Crippen molar-refractivity contribution in [1.82, 2.24) is 4.90 Å². The average molecular weight is 280 g/mol. The Labute approximate surface area is 118 Å². The third-order valence-electron chi connectivity index (χ3n) is 3.94. The minimum atomic E-state index is -0.234. The van der Waals surface area contributed by atoms with E-state index in [-0.39, 0.29) is 23.6 Å². The Balaban J connectivity index is 2.03. The van der Waals surface area contributed by atoms with E-state index in [0.717, 1.165) is 12.1 Å². The summed E-state index contributed by atoms with van der Waals surface area (Å²) < 4.78 is 18.7. The third kappa shape index (κ3) is 3.16. The van der Waals surface area contributed by atoms with E-state index in [1.807, 2.05) is 13.0 Å². The van der Waals surface area contributed by atoms with Gasteiger partial charge < -0.3 is 10.5 Å². The van der Waals surface area contributed by atoms with Crippen molar-refractivity contribution in [2.75, 3.05) is 20.2 Å². The molecule has 1 fully saturated rings. The van der Waals surface area contributed by atoms with Crippen LogP contribution in [0.5, 0.6) is 0 Å². The predicted octanol–water partition coefficient (Wildman–Crippen LogP) is 1.53. The molecular weight excluding hydrogens is 259 g/mol. The number of carbonyl (C=O) groups excluding carboxylic acids is 1. The highest BCUT2D eigenvalue weighted by molar-refractivity contribution is 5.73. The Morgan fingerprint density at radius 3 is 2.85 bits per heavy atom. The van der Waals surface area contributed by atoms with E-state index < -0.39 is 0 Å². The number of likely N-dealkylation sites (tertiary alicyclic amines) is 1. The molecule has 2 unspecified atom stereocenters. The number of carbonyl (C=O) groups is 1. The van der Waals surface area contributed by atoms with Gasteiger partial charge in [0.25, 0.3) is 0 Å². The molecule has 1 aliphatic rings. The second-order valence-corrected chi connectivity index (χ2v) is 5.43. The Bertz CT molecular complexity index is 493. The van der Waals surface area contributed by atoms with E-state index in [4.69, 9.17) is 10.5 Å². The van der Waals surface area contributed by atoms with Crippen molar-refractivity contribution in [2.45, 2.75) is 20.0 Å². The molecule has 4 nitrogen and oxygen atoms in total. The Hall–Kier alpha value is -1.46. The summed E-state index contributed by atoms with van der Waals surface area (Å²) in [4.78, 5) is 13.7. The van der Waals surface area contributed by atoms with Crippen LogP contribution in [0.4, 0.5) is 4.39 Å². The fourth-order valence-corrected chi connectivity index (χ4v) is 2.74. The molecular formula is C15H21FN2O2. The summed E-state index contributed by atoms with van der Waals surface area (Å²) in [5.74, 6) is -0.304. The van der Waals surface area contributed by atoms with Crippen LogP contribution in [0.15, 0.2) is 18.2 Å². The summed E-state index contributed by atoms with van der Waals surface area (Å²) in [5.41, 5.74) is 6.91. The van der Waals surface area contributed by atoms with Gasteiger partial charge >= 0.3 is 5.97 Å². The maximum absolute atomic E-state index is 13.9. The smallest absolute Gasteiger partial charge is 0.310 e. The largest absolute Gasteiger partial charge is 0.469 e. The molecule has 2 rings (SSSR count). The van der Waals surface area contributed by atoms with Crippen molar-refractivity contribution in [3.05, 3.63) is 35.1 Å². The maximum atomic E-state index is 13.9. The predicted molar refractivity (Wildman–Crippen MR) is 74.2 cm³/mol. The van der Waals surface area contributed by atoms with Gasteiger partial charge in [-0.2, -0.15) is 0 Å². The van der Waals surface area contributed by atoms with Gasteiger partial charge in [-0.3, -0.25) is 9.69 Å². The molecule has 0 amide bonds. The maximum Gasteiger partial charge on any atom is 0.310 e. The van der Waals surface area contributed by atoms with Gasteiger partial charge in [0.1, 0.15) is 5.82 Å². The van der Waals surface area contributed by atoms with Crippen LogP contribution >= 0.6 is 0 Å². The highest BCUT2D eigenvalue weighted by Crippen LogP contribution is 2.26.